The van der Waals surface area contributed by atoms with Gasteiger partial charge in [0.25, 0.3) is 0 Å². The second kappa shape index (κ2) is 7.78. The Bertz CT molecular complexity index is 383. The van der Waals surface area contributed by atoms with Crippen LogP contribution in [0, 0.1) is 5.92 Å². The number of thioether (sulfide) groups is 1. The van der Waals surface area contributed by atoms with Gasteiger partial charge in [-0.15, -0.1) is 0 Å². The van der Waals surface area contributed by atoms with Crippen LogP contribution >= 0.6 is 11.8 Å². The maximum absolute atomic E-state index is 12.0. The number of hydrogen-bond donors (Lipinski definition) is 2. The third-order valence-electron chi connectivity index (χ3n) is 2.37. The molecule has 1 unspecified atom stereocenters. The molecule has 0 aliphatic heterocycles. The molecule has 0 bridgehead atoms. The first-order valence-electron chi connectivity index (χ1n) is 5.55. The van der Waals surface area contributed by atoms with Gasteiger partial charge in [0.2, 0.25) is 5.91 Å². The lowest BCUT2D eigenvalue weighted by molar-refractivity contribution is -0.154. The Hall–Kier alpha value is -1.57. The summed E-state index contributed by atoms with van der Waals surface area (Å²) in [6.07, 6.45) is 0. The summed E-state index contributed by atoms with van der Waals surface area (Å²) in [6, 6.07) is -1.23. The lowest BCUT2D eigenvalue weighted by atomic mass is 10.1. The van der Waals surface area contributed by atoms with Gasteiger partial charge in [-0.2, -0.15) is 0 Å². The van der Waals surface area contributed by atoms with Crippen LogP contribution in [-0.4, -0.2) is 56.4 Å². The fourth-order valence-corrected chi connectivity index (χ4v) is 1.91. The molecule has 1 amide bonds. The van der Waals surface area contributed by atoms with E-state index >= 15 is 0 Å². The molecule has 19 heavy (non-hydrogen) atoms. The number of aliphatic carboxylic acids is 2. The van der Waals surface area contributed by atoms with E-state index < -0.39 is 36.4 Å². The van der Waals surface area contributed by atoms with Crippen molar-refractivity contribution in [2.75, 3.05) is 12.3 Å². The van der Waals surface area contributed by atoms with Crippen molar-refractivity contribution >= 4 is 34.7 Å². The standard InChI is InChI=1S/C11H17NO6S/c1-6(5-19-8(3)13)10(16)12(4-9(14)15)7(2)11(17)18/h6-7H,4-5H2,1-3H3,(H,14,15)(H,17,18)/t6?,7-/m0/s1. The van der Waals surface area contributed by atoms with Crippen molar-refractivity contribution in [1.29, 1.82) is 0 Å². The van der Waals surface area contributed by atoms with Gasteiger partial charge < -0.3 is 15.1 Å². The second-order valence-corrected chi connectivity index (χ2v) is 5.27. The van der Waals surface area contributed by atoms with Crippen LogP contribution in [0.5, 0.6) is 0 Å². The van der Waals surface area contributed by atoms with Crippen LogP contribution in [0.1, 0.15) is 20.8 Å². The minimum Gasteiger partial charge on any atom is -0.480 e. The monoisotopic (exact) mass is 291 g/mol. The number of carboxylic acid groups (broad SMARTS) is 2. The molecule has 0 saturated heterocycles. The molecule has 0 aromatic heterocycles. The van der Waals surface area contributed by atoms with Gasteiger partial charge in [0.15, 0.2) is 5.12 Å². The molecule has 2 atom stereocenters. The van der Waals surface area contributed by atoms with E-state index in [-0.39, 0.29) is 10.9 Å². The van der Waals surface area contributed by atoms with E-state index in [0.717, 1.165) is 16.7 Å². The van der Waals surface area contributed by atoms with Crippen LogP contribution in [0.2, 0.25) is 0 Å². The number of carbonyl (C=O) groups is 4. The zero-order valence-electron chi connectivity index (χ0n) is 11.0. The van der Waals surface area contributed by atoms with Crippen LogP contribution < -0.4 is 0 Å². The zero-order valence-corrected chi connectivity index (χ0v) is 11.8. The fraction of sp³-hybridized carbons (Fsp3) is 0.636. The maximum atomic E-state index is 12.0. The van der Waals surface area contributed by atoms with Gasteiger partial charge in [-0.25, -0.2) is 4.79 Å². The summed E-state index contributed by atoms with van der Waals surface area (Å²) in [7, 11) is 0. The molecule has 0 spiro atoms. The summed E-state index contributed by atoms with van der Waals surface area (Å²) in [6.45, 7) is 3.45. The molecule has 0 aromatic carbocycles. The van der Waals surface area contributed by atoms with Crippen molar-refractivity contribution in [2.45, 2.75) is 26.8 Å². The number of hydrogen-bond acceptors (Lipinski definition) is 5. The van der Waals surface area contributed by atoms with Crippen molar-refractivity contribution in [3.8, 4) is 0 Å². The number of nitrogens with zero attached hydrogens (tertiary/aromatic N) is 1. The van der Waals surface area contributed by atoms with E-state index in [4.69, 9.17) is 10.2 Å². The SMILES string of the molecule is CC(=O)SCC(C)C(=O)N(CC(=O)O)[C@@H](C)C(=O)O. The average molecular weight is 291 g/mol. The first kappa shape index (κ1) is 17.4. The van der Waals surface area contributed by atoms with Crippen molar-refractivity contribution in [3.63, 3.8) is 0 Å². The molecule has 0 heterocycles. The van der Waals surface area contributed by atoms with Crippen LogP contribution in [0.15, 0.2) is 0 Å². The first-order valence-corrected chi connectivity index (χ1v) is 6.53. The number of carbonyl (C=O) groups excluding carboxylic acids is 2. The summed E-state index contributed by atoms with van der Waals surface area (Å²) in [5.74, 6) is -3.59. The molecular formula is C11H17NO6S. The van der Waals surface area contributed by atoms with E-state index in [1.54, 1.807) is 0 Å². The molecule has 0 radical (unpaired) electrons. The molecule has 0 aliphatic rings. The Morgan fingerprint density at radius 1 is 1.16 bits per heavy atom. The molecule has 0 aliphatic carbocycles. The van der Waals surface area contributed by atoms with E-state index in [1.807, 2.05) is 0 Å². The highest BCUT2D eigenvalue weighted by atomic mass is 32.2. The lowest BCUT2D eigenvalue weighted by Gasteiger charge is -2.27. The highest BCUT2D eigenvalue weighted by Crippen LogP contribution is 2.14. The summed E-state index contributed by atoms with van der Waals surface area (Å²) in [5.41, 5.74) is 0. The Balaban J connectivity index is 4.83. The molecular weight excluding hydrogens is 274 g/mol. The smallest absolute Gasteiger partial charge is 0.326 e. The van der Waals surface area contributed by atoms with Gasteiger partial charge in [-0.05, 0) is 6.92 Å². The Morgan fingerprint density at radius 3 is 2.05 bits per heavy atom. The predicted molar refractivity (Wildman–Crippen MR) is 68.7 cm³/mol. The van der Waals surface area contributed by atoms with Crippen molar-refractivity contribution < 1.29 is 29.4 Å². The Morgan fingerprint density at radius 2 is 1.68 bits per heavy atom. The van der Waals surface area contributed by atoms with E-state index in [1.165, 1.54) is 20.8 Å². The first-order chi connectivity index (χ1) is 8.66. The van der Waals surface area contributed by atoms with Crippen molar-refractivity contribution in [2.24, 2.45) is 5.92 Å². The van der Waals surface area contributed by atoms with Crippen LogP contribution in [-0.2, 0) is 19.2 Å². The average Bonchev–Trinajstić information content (AvgIpc) is 2.30. The summed E-state index contributed by atoms with van der Waals surface area (Å²) in [4.78, 5) is 45.2. The minimum atomic E-state index is -1.28. The molecule has 0 rings (SSSR count). The number of carboxylic acids is 2. The molecule has 108 valence electrons. The maximum Gasteiger partial charge on any atom is 0.326 e. The van der Waals surface area contributed by atoms with Crippen molar-refractivity contribution in [1.82, 2.24) is 4.90 Å². The molecule has 2 N–H and O–H groups in total. The van der Waals surface area contributed by atoms with Gasteiger partial charge in [-0.1, -0.05) is 18.7 Å². The lowest BCUT2D eigenvalue weighted by Crippen LogP contribution is -2.48. The zero-order chi connectivity index (χ0) is 15.2. The van der Waals surface area contributed by atoms with Gasteiger partial charge in [0.1, 0.15) is 12.6 Å². The summed E-state index contributed by atoms with van der Waals surface area (Å²) >= 11 is 0.943. The van der Waals surface area contributed by atoms with Crippen LogP contribution in [0.3, 0.4) is 0 Å². The van der Waals surface area contributed by atoms with Gasteiger partial charge in [0, 0.05) is 18.6 Å². The second-order valence-electron chi connectivity index (χ2n) is 4.08. The summed E-state index contributed by atoms with van der Waals surface area (Å²) < 4.78 is 0. The van der Waals surface area contributed by atoms with E-state index in [2.05, 4.69) is 0 Å². The Labute approximate surface area is 115 Å². The molecule has 8 heteroatoms. The van der Waals surface area contributed by atoms with E-state index in [0.29, 0.717) is 0 Å². The number of rotatable bonds is 7. The topological polar surface area (TPSA) is 112 Å². The quantitative estimate of drug-likeness (QED) is 0.693. The predicted octanol–water partition coefficient (Wildman–Crippen LogP) is 0.289. The molecule has 0 fully saturated rings. The van der Waals surface area contributed by atoms with Gasteiger partial charge >= 0.3 is 11.9 Å². The molecule has 7 nitrogen and oxygen atoms in total. The Kier molecular flexibility index (Phi) is 7.13. The summed E-state index contributed by atoms with van der Waals surface area (Å²) in [5, 5.41) is 17.4. The number of amides is 1. The third-order valence-corrected chi connectivity index (χ3v) is 3.44. The van der Waals surface area contributed by atoms with Crippen LogP contribution in [0.4, 0.5) is 0 Å². The highest BCUT2D eigenvalue weighted by Gasteiger charge is 2.30. The highest BCUT2D eigenvalue weighted by molar-refractivity contribution is 8.13. The third kappa shape index (κ3) is 6.23. The normalized spacial score (nSPS) is 13.4. The minimum absolute atomic E-state index is 0.157. The fourth-order valence-electron chi connectivity index (χ4n) is 1.28. The van der Waals surface area contributed by atoms with E-state index in [9.17, 15) is 19.2 Å². The van der Waals surface area contributed by atoms with Gasteiger partial charge in [0.05, 0.1) is 0 Å². The molecule has 0 aromatic rings. The molecule has 0 saturated carbocycles. The largest absolute Gasteiger partial charge is 0.480 e. The van der Waals surface area contributed by atoms with Crippen LogP contribution in [0.25, 0.3) is 0 Å². The van der Waals surface area contributed by atoms with Gasteiger partial charge in [-0.3, -0.25) is 14.4 Å². The van der Waals surface area contributed by atoms with Crippen molar-refractivity contribution in [3.05, 3.63) is 0 Å².